The van der Waals surface area contributed by atoms with E-state index in [1.54, 1.807) is 0 Å². The van der Waals surface area contributed by atoms with E-state index in [4.69, 9.17) is 0 Å². The standard InChI is InChI=1S/C8H17NOS/c1-9-5-2-8(10)3-6-11-7-4-8/h9-10H,2-7H2,1H3. The Kier molecular flexibility index (Phi) is 3.69. The van der Waals surface area contributed by atoms with Crippen molar-refractivity contribution in [1.82, 2.24) is 5.32 Å². The SMILES string of the molecule is CNCCC1(O)CCSCC1. The smallest absolute Gasteiger partial charge is 0.0675 e. The molecule has 0 amide bonds. The lowest BCUT2D eigenvalue weighted by Crippen LogP contribution is -2.36. The van der Waals surface area contributed by atoms with Gasteiger partial charge in [0.05, 0.1) is 5.60 Å². The summed E-state index contributed by atoms with van der Waals surface area (Å²) in [4.78, 5) is 0. The van der Waals surface area contributed by atoms with Crippen molar-refractivity contribution in [2.75, 3.05) is 25.1 Å². The van der Waals surface area contributed by atoms with Gasteiger partial charge in [-0.1, -0.05) is 0 Å². The molecule has 1 heterocycles. The van der Waals surface area contributed by atoms with Crippen molar-refractivity contribution in [3.05, 3.63) is 0 Å². The highest BCUT2D eigenvalue weighted by Crippen LogP contribution is 2.28. The van der Waals surface area contributed by atoms with E-state index in [1.165, 1.54) is 0 Å². The second-order valence-corrected chi connectivity index (χ2v) is 4.42. The molecule has 2 N–H and O–H groups in total. The van der Waals surface area contributed by atoms with Gasteiger partial charge in [0.1, 0.15) is 0 Å². The highest BCUT2D eigenvalue weighted by molar-refractivity contribution is 7.99. The summed E-state index contributed by atoms with van der Waals surface area (Å²) >= 11 is 1.95. The van der Waals surface area contributed by atoms with Gasteiger partial charge in [-0.25, -0.2) is 0 Å². The van der Waals surface area contributed by atoms with Crippen LogP contribution in [0, 0.1) is 0 Å². The highest BCUT2D eigenvalue weighted by atomic mass is 32.2. The van der Waals surface area contributed by atoms with Crippen molar-refractivity contribution in [3.8, 4) is 0 Å². The van der Waals surface area contributed by atoms with Crippen LogP contribution in [0.25, 0.3) is 0 Å². The lowest BCUT2D eigenvalue weighted by atomic mass is 9.93. The molecule has 0 aromatic carbocycles. The summed E-state index contributed by atoms with van der Waals surface area (Å²) in [6.07, 6.45) is 2.85. The fourth-order valence-electron chi connectivity index (χ4n) is 1.36. The van der Waals surface area contributed by atoms with E-state index in [1.807, 2.05) is 18.8 Å². The van der Waals surface area contributed by atoms with E-state index in [0.29, 0.717) is 0 Å². The first-order valence-corrected chi connectivity index (χ1v) is 5.37. The number of thioether (sulfide) groups is 1. The molecule has 0 saturated carbocycles. The highest BCUT2D eigenvalue weighted by Gasteiger charge is 2.28. The lowest BCUT2D eigenvalue weighted by molar-refractivity contribution is 0.0242. The minimum Gasteiger partial charge on any atom is -0.390 e. The summed E-state index contributed by atoms with van der Waals surface area (Å²) in [7, 11) is 1.93. The molecule has 0 bridgehead atoms. The third-order valence-electron chi connectivity index (χ3n) is 2.26. The Morgan fingerprint density at radius 3 is 2.64 bits per heavy atom. The third kappa shape index (κ3) is 3.01. The maximum absolute atomic E-state index is 9.95. The van der Waals surface area contributed by atoms with Crippen LogP contribution in [0.4, 0.5) is 0 Å². The van der Waals surface area contributed by atoms with Gasteiger partial charge in [0.25, 0.3) is 0 Å². The van der Waals surface area contributed by atoms with Crippen molar-refractivity contribution in [2.45, 2.75) is 24.9 Å². The van der Waals surface area contributed by atoms with Gasteiger partial charge in [0.15, 0.2) is 0 Å². The molecule has 1 aliphatic rings. The number of rotatable bonds is 3. The quantitative estimate of drug-likeness (QED) is 0.667. The van der Waals surface area contributed by atoms with E-state index in [2.05, 4.69) is 5.32 Å². The summed E-state index contributed by atoms with van der Waals surface area (Å²) in [5.74, 6) is 2.25. The zero-order chi connectivity index (χ0) is 8.16. The molecular weight excluding hydrogens is 158 g/mol. The molecule has 0 aliphatic carbocycles. The molecule has 0 atom stereocenters. The van der Waals surface area contributed by atoms with Gasteiger partial charge < -0.3 is 10.4 Å². The molecule has 1 saturated heterocycles. The van der Waals surface area contributed by atoms with Crippen LogP contribution in [0.15, 0.2) is 0 Å². The summed E-state index contributed by atoms with van der Waals surface area (Å²) in [6.45, 7) is 0.932. The summed E-state index contributed by atoms with van der Waals surface area (Å²) in [5, 5.41) is 13.0. The molecule has 11 heavy (non-hydrogen) atoms. The van der Waals surface area contributed by atoms with Crippen LogP contribution < -0.4 is 5.32 Å². The van der Waals surface area contributed by atoms with Crippen molar-refractivity contribution in [3.63, 3.8) is 0 Å². The second kappa shape index (κ2) is 4.33. The molecule has 0 spiro atoms. The number of hydrogen-bond donors (Lipinski definition) is 2. The normalized spacial score (nSPS) is 23.5. The van der Waals surface area contributed by atoms with Crippen LogP contribution in [0.1, 0.15) is 19.3 Å². The van der Waals surface area contributed by atoms with E-state index in [-0.39, 0.29) is 5.60 Å². The summed E-state index contributed by atoms with van der Waals surface area (Å²) in [6, 6.07) is 0. The summed E-state index contributed by atoms with van der Waals surface area (Å²) in [5.41, 5.74) is -0.353. The minimum atomic E-state index is -0.353. The van der Waals surface area contributed by atoms with Crippen LogP contribution in [-0.4, -0.2) is 35.8 Å². The van der Waals surface area contributed by atoms with Crippen LogP contribution in [0.2, 0.25) is 0 Å². The van der Waals surface area contributed by atoms with Crippen LogP contribution in [-0.2, 0) is 0 Å². The van der Waals surface area contributed by atoms with Crippen molar-refractivity contribution < 1.29 is 5.11 Å². The first-order valence-electron chi connectivity index (χ1n) is 4.22. The molecule has 1 fully saturated rings. The Morgan fingerprint density at radius 2 is 2.09 bits per heavy atom. The Labute approximate surface area is 72.8 Å². The fraction of sp³-hybridized carbons (Fsp3) is 1.00. The molecule has 0 unspecified atom stereocenters. The topological polar surface area (TPSA) is 32.3 Å². The van der Waals surface area contributed by atoms with Gasteiger partial charge in [0, 0.05) is 0 Å². The van der Waals surface area contributed by atoms with Gasteiger partial charge >= 0.3 is 0 Å². The van der Waals surface area contributed by atoms with Gasteiger partial charge in [0.2, 0.25) is 0 Å². The van der Waals surface area contributed by atoms with Crippen LogP contribution >= 0.6 is 11.8 Å². The number of aliphatic hydroxyl groups is 1. The third-order valence-corrected chi connectivity index (χ3v) is 3.25. The second-order valence-electron chi connectivity index (χ2n) is 3.19. The molecule has 66 valence electrons. The van der Waals surface area contributed by atoms with Crippen LogP contribution in [0.5, 0.6) is 0 Å². The number of nitrogens with one attached hydrogen (secondary N) is 1. The monoisotopic (exact) mass is 175 g/mol. The predicted octanol–water partition coefficient (Wildman–Crippen LogP) is 0.854. The maximum Gasteiger partial charge on any atom is 0.0675 e. The molecule has 2 nitrogen and oxygen atoms in total. The lowest BCUT2D eigenvalue weighted by Gasteiger charge is -2.31. The first-order chi connectivity index (χ1) is 5.27. The maximum atomic E-state index is 9.95. The first kappa shape index (κ1) is 9.36. The van der Waals surface area contributed by atoms with Gasteiger partial charge in [-0.3, -0.25) is 0 Å². The van der Waals surface area contributed by atoms with Gasteiger partial charge in [-0.05, 0) is 44.4 Å². The van der Waals surface area contributed by atoms with E-state index >= 15 is 0 Å². The van der Waals surface area contributed by atoms with E-state index in [0.717, 1.165) is 37.3 Å². The van der Waals surface area contributed by atoms with Gasteiger partial charge in [-0.15, -0.1) is 0 Å². The zero-order valence-corrected chi connectivity index (χ0v) is 7.91. The molecule has 0 radical (unpaired) electrons. The van der Waals surface area contributed by atoms with Crippen molar-refractivity contribution in [2.24, 2.45) is 0 Å². The summed E-state index contributed by atoms with van der Waals surface area (Å²) < 4.78 is 0. The van der Waals surface area contributed by atoms with Crippen molar-refractivity contribution in [1.29, 1.82) is 0 Å². The Bertz CT molecular complexity index is 113. The average Bonchev–Trinajstić information content (AvgIpc) is 2.03. The Morgan fingerprint density at radius 1 is 1.45 bits per heavy atom. The van der Waals surface area contributed by atoms with E-state index < -0.39 is 0 Å². The predicted molar refractivity (Wildman–Crippen MR) is 50.1 cm³/mol. The van der Waals surface area contributed by atoms with Crippen molar-refractivity contribution >= 4 is 11.8 Å². The molecular formula is C8H17NOS. The van der Waals surface area contributed by atoms with E-state index in [9.17, 15) is 5.11 Å². The molecule has 1 rings (SSSR count). The molecule has 3 heteroatoms. The van der Waals surface area contributed by atoms with Gasteiger partial charge in [-0.2, -0.15) is 11.8 Å². The Hall–Kier alpha value is 0.270. The molecule has 0 aromatic heterocycles. The van der Waals surface area contributed by atoms with Crippen LogP contribution in [0.3, 0.4) is 0 Å². The fourth-order valence-corrected chi connectivity index (χ4v) is 2.61. The molecule has 1 aliphatic heterocycles. The zero-order valence-electron chi connectivity index (χ0n) is 7.10. The Balaban J connectivity index is 2.25. The average molecular weight is 175 g/mol. The largest absolute Gasteiger partial charge is 0.390 e. The molecule has 0 aromatic rings. The minimum absolute atomic E-state index is 0.353. The number of hydrogen-bond acceptors (Lipinski definition) is 3.